The Morgan fingerprint density at radius 2 is 1.83 bits per heavy atom. The van der Waals surface area contributed by atoms with Crippen LogP contribution >= 0.6 is 11.6 Å². The van der Waals surface area contributed by atoms with Gasteiger partial charge < -0.3 is 14.5 Å². The van der Waals surface area contributed by atoms with Gasteiger partial charge >= 0.3 is 7.48 Å². The topological polar surface area (TPSA) is 38.7 Å². The predicted octanol–water partition coefficient (Wildman–Crippen LogP) is 2.16. The van der Waals surface area contributed by atoms with Gasteiger partial charge in [-0.1, -0.05) is 17.7 Å². The minimum absolute atomic E-state index is 0.542. The third kappa shape index (κ3) is 3.64. The third-order valence-electron chi connectivity index (χ3n) is 3.16. The van der Waals surface area contributed by atoms with Gasteiger partial charge in [0, 0.05) is 5.02 Å². The van der Waals surface area contributed by atoms with Crippen LogP contribution in [-0.2, 0) is 4.65 Å². The van der Waals surface area contributed by atoms with Crippen molar-refractivity contribution in [1.82, 2.24) is 0 Å². The zero-order valence-electron chi connectivity index (χ0n) is 11.5. The van der Waals surface area contributed by atoms with Crippen molar-refractivity contribution < 1.29 is 14.5 Å². The van der Waals surface area contributed by atoms with E-state index in [4.69, 9.17) is 21.0 Å². The first kappa shape index (κ1) is 15.4. The van der Waals surface area contributed by atoms with Crippen LogP contribution in [0.1, 0.15) is 27.7 Å². The molecule has 0 saturated carbocycles. The molecule has 0 spiro atoms. The molecular formula is C13H19BClO3. The zero-order chi connectivity index (χ0) is 14.0. The maximum absolute atomic E-state index is 9.98. The summed E-state index contributed by atoms with van der Waals surface area (Å²) in [6.45, 7) is 7.05. The summed E-state index contributed by atoms with van der Waals surface area (Å²) in [5, 5.41) is 10.5. The Morgan fingerprint density at radius 3 is 2.28 bits per heavy atom. The molecule has 0 saturated heterocycles. The van der Waals surface area contributed by atoms with Crippen LogP contribution in [0.25, 0.3) is 0 Å². The molecule has 0 aliphatic heterocycles. The van der Waals surface area contributed by atoms with Gasteiger partial charge in [0.1, 0.15) is 5.75 Å². The van der Waals surface area contributed by atoms with E-state index in [1.54, 1.807) is 40.6 Å². The molecule has 0 atom stereocenters. The van der Waals surface area contributed by atoms with E-state index in [0.29, 0.717) is 10.8 Å². The Labute approximate surface area is 114 Å². The summed E-state index contributed by atoms with van der Waals surface area (Å²) >= 11 is 6.10. The summed E-state index contributed by atoms with van der Waals surface area (Å²) in [7, 11) is 3.14. The van der Waals surface area contributed by atoms with Gasteiger partial charge in [0.2, 0.25) is 0 Å². The van der Waals surface area contributed by atoms with E-state index < -0.39 is 11.2 Å². The molecule has 0 aliphatic carbocycles. The van der Waals surface area contributed by atoms with E-state index in [-0.39, 0.29) is 0 Å². The van der Waals surface area contributed by atoms with Crippen molar-refractivity contribution >= 4 is 24.5 Å². The van der Waals surface area contributed by atoms with Crippen LogP contribution < -0.4 is 10.2 Å². The predicted molar refractivity (Wildman–Crippen MR) is 74.9 cm³/mol. The molecule has 0 aliphatic rings. The Hall–Kier alpha value is -0.705. The van der Waals surface area contributed by atoms with Crippen LogP contribution in [0.15, 0.2) is 18.2 Å². The van der Waals surface area contributed by atoms with Crippen molar-refractivity contribution in [2.24, 2.45) is 0 Å². The van der Waals surface area contributed by atoms with Crippen LogP contribution in [0.3, 0.4) is 0 Å². The lowest BCUT2D eigenvalue weighted by molar-refractivity contribution is -0.0893. The average molecular weight is 270 g/mol. The fourth-order valence-corrected chi connectivity index (χ4v) is 1.30. The summed E-state index contributed by atoms with van der Waals surface area (Å²) in [6.07, 6.45) is 0. The SMILES string of the molecule is COc1ccc([B]OC(C)(C)C(C)(C)O)c(Cl)c1. The van der Waals surface area contributed by atoms with Crippen LogP contribution in [0, 0.1) is 0 Å². The molecule has 1 aromatic rings. The normalized spacial score (nSPS) is 12.4. The molecule has 0 heterocycles. The van der Waals surface area contributed by atoms with Crippen molar-refractivity contribution in [1.29, 1.82) is 0 Å². The minimum atomic E-state index is -0.956. The van der Waals surface area contributed by atoms with Gasteiger partial charge in [0.25, 0.3) is 0 Å². The van der Waals surface area contributed by atoms with Gasteiger partial charge in [-0.15, -0.1) is 0 Å². The zero-order valence-corrected chi connectivity index (χ0v) is 12.2. The number of benzene rings is 1. The average Bonchev–Trinajstić information content (AvgIpc) is 2.25. The molecular weight excluding hydrogens is 250 g/mol. The molecule has 18 heavy (non-hydrogen) atoms. The van der Waals surface area contributed by atoms with Crippen molar-refractivity contribution in [2.75, 3.05) is 7.11 Å². The Morgan fingerprint density at radius 1 is 1.22 bits per heavy atom. The molecule has 1 radical (unpaired) electrons. The van der Waals surface area contributed by atoms with E-state index in [0.717, 1.165) is 5.46 Å². The molecule has 99 valence electrons. The van der Waals surface area contributed by atoms with E-state index in [9.17, 15) is 5.11 Å². The molecule has 0 unspecified atom stereocenters. The Kier molecular flexibility index (Phi) is 4.70. The van der Waals surface area contributed by atoms with E-state index in [1.165, 1.54) is 0 Å². The second-order valence-electron chi connectivity index (χ2n) is 5.19. The smallest absolute Gasteiger partial charge is 0.332 e. The fraction of sp³-hybridized carbons (Fsp3) is 0.538. The highest BCUT2D eigenvalue weighted by Gasteiger charge is 2.35. The highest BCUT2D eigenvalue weighted by molar-refractivity contribution is 6.53. The Balaban J connectivity index is 2.75. The van der Waals surface area contributed by atoms with Gasteiger partial charge in [-0.05, 0) is 45.3 Å². The minimum Gasteiger partial charge on any atom is -0.497 e. The number of hydrogen-bond acceptors (Lipinski definition) is 3. The maximum atomic E-state index is 9.98. The largest absolute Gasteiger partial charge is 0.497 e. The van der Waals surface area contributed by atoms with Gasteiger partial charge in [-0.2, -0.15) is 0 Å². The first-order chi connectivity index (χ1) is 8.17. The van der Waals surface area contributed by atoms with E-state index >= 15 is 0 Å². The molecule has 1 aromatic carbocycles. The molecule has 0 fully saturated rings. The van der Waals surface area contributed by atoms with Crippen LogP contribution in [-0.4, -0.2) is 30.9 Å². The first-order valence-corrected chi connectivity index (χ1v) is 6.12. The lowest BCUT2D eigenvalue weighted by atomic mass is 9.82. The van der Waals surface area contributed by atoms with Crippen molar-refractivity contribution in [3.8, 4) is 5.75 Å². The molecule has 3 nitrogen and oxygen atoms in total. The monoisotopic (exact) mass is 269 g/mol. The molecule has 0 aromatic heterocycles. The standard InChI is InChI=1S/C13H19BClO3/c1-12(2,16)13(3,4)18-14-10-7-6-9(17-5)8-11(10)15/h6-8,16H,1-5H3. The highest BCUT2D eigenvalue weighted by atomic mass is 35.5. The quantitative estimate of drug-likeness (QED) is 0.833. The fourth-order valence-electron chi connectivity index (χ4n) is 1.09. The van der Waals surface area contributed by atoms with Crippen molar-refractivity contribution in [3.05, 3.63) is 23.2 Å². The first-order valence-electron chi connectivity index (χ1n) is 5.74. The molecule has 1 rings (SSSR count). The van der Waals surface area contributed by atoms with Crippen LogP contribution in [0.4, 0.5) is 0 Å². The van der Waals surface area contributed by atoms with E-state index in [1.807, 2.05) is 19.9 Å². The Bertz CT molecular complexity index is 413. The van der Waals surface area contributed by atoms with Gasteiger partial charge in [0.15, 0.2) is 0 Å². The van der Waals surface area contributed by atoms with Crippen molar-refractivity contribution in [2.45, 2.75) is 38.9 Å². The number of aliphatic hydroxyl groups is 1. The highest BCUT2D eigenvalue weighted by Crippen LogP contribution is 2.24. The third-order valence-corrected chi connectivity index (χ3v) is 3.49. The van der Waals surface area contributed by atoms with E-state index in [2.05, 4.69) is 0 Å². The summed E-state index contributed by atoms with van der Waals surface area (Å²) < 4.78 is 10.7. The summed E-state index contributed by atoms with van der Waals surface area (Å²) in [6, 6.07) is 5.33. The number of rotatable bonds is 5. The number of methoxy groups -OCH3 is 1. The molecule has 1 N–H and O–H groups in total. The molecule has 5 heteroatoms. The van der Waals surface area contributed by atoms with Crippen LogP contribution in [0.2, 0.25) is 5.02 Å². The van der Waals surface area contributed by atoms with Gasteiger partial charge in [-0.3, -0.25) is 0 Å². The lowest BCUT2D eigenvalue weighted by Crippen LogP contribution is -2.49. The number of hydrogen-bond donors (Lipinski definition) is 1. The maximum Gasteiger partial charge on any atom is 0.332 e. The molecule has 0 bridgehead atoms. The summed E-state index contributed by atoms with van der Waals surface area (Å²) in [5.74, 6) is 0.693. The summed E-state index contributed by atoms with van der Waals surface area (Å²) in [4.78, 5) is 0. The second kappa shape index (κ2) is 5.51. The second-order valence-corrected chi connectivity index (χ2v) is 5.60. The molecule has 0 amide bonds. The number of ether oxygens (including phenoxy) is 1. The number of halogens is 1. The summed E-state index contributed by atoms with van der Waals surface area (Å²) in [5.41, 5.74) is -0.923. The van der Waals surface area contributed by atoms with Gasteiger partial charge in [-0.25, -0.2) is 0 Å². The van der Waals surface area contributed by atoms with Crippen molar-refractivity contribution in [3.63, 3.8) is 0 Å². The van der Waals surface area contributed by atoms with Gasteiger partial charge in [0.05, 0.1) is 18.3 Å². The van der Waals surface area contributed by atoms with Crippen LogP contribution in [0.5, 0.6) is 5.75 Å². The lowest BCUT2D eigenvalue weighted by Gasteiger charge is -2.37.